The quantitative estimate of drug-likeness (QED) is 0.812. The molecule has 0 spiro atoms. The Labute approximate surface area is 94.0 Å². The van der Waals surface area contributed by atoms with Gasteiger partial charge in [0.2, 0.25) is 5.91 Å². The maximum Gasteiger partial charge on any atom is 0.219 e. The molecule has 16 heavy (non-hydrogen) atoms. The van der Waals surface area contributed by atoms with E-state index in [1.807, 2.05) is 29.1 Å². The van der Waals surface area contributed by atoms with E-state index in [-0.39, 0.29) is 5.91 Å². The minimum absolute atomic E-state index is 0.291. The largest absolute Gasteiger partial charge is 0.370 e. The molecule has 1 aromatic heterocycles. The summed E-state index contributed by atoms with van der Waals surface area (Å²) in [5.41, 5.74) is 10.6. The number of aryl methyl sites for hydroxylation is 1. The molecule has 2 rings (SSSR count). The van der Waals surface area contributed by atoms with Gasteiger partial charge in [0.25, 0.3) is 0 Å². The van der Waals surface area contributed by atoms with Crippen molar-refractivity contribution in [2.75, 3.05) is 12.0 Å². The summed E-state index contributed by atoms with van der Waals surface area (Å²) in [6.45, 7) is 2.61. The van der Waals surface area contributed by atoms with Crippen LogP contribution in [-0.2, 0) is 4.79 Å². The third kappa shape index (κ3) is 2.00. The molecule has 1 amide bonds. The van der Waals surface area contributed by atoms with Crippen LogP contribution in [0, 0.1) is 6.92 Å². The number of hydrogen-bond acceptors (Lipinski definition) is 2. The van der Waals surface area contributed by atoms with Gasteiger partial charge in [-0.15, -0.1) is 0 Å². The molecule has 0 bridgehead atoms. The molecule has 0 aliphatic rings. The zero-order valence-corrected chi connectivity index (χ0v) is 9.23. The van der Waals surface area contributed by atoms with E-state index in [1.165, 1.54) is 10.9 Å². The third-order valence-corrected chi connectivity index (χ3v) is 2.56. The van der Waals surface area contributed by atoms with Crippen molar-refractivity contribution in [2.45, 2.75) is 13.3 Å². The Morgan fingerprint density at radius 3 is 2.94 bits per heavy atom. The van der Waals surface area contributed by atoms with Gasteiger partial charge in [0.1, 0.15) is 0 Å². The first kappa shape index (κ1) is 10.5. The van der Waals surface area contributed by atoms with Crippen molar-refractivity contribution >= 4 is 16.8 Å². The van der Waals surface area contributed by atoms with E-state index < -0.39 is 0 Å². The fraction of sp³-hybridized carbons (Fsp3) is 0.250. The molecule has 0 unspecified atom stereocenters. The van der Waals surface area contributed by atoms with Gasteiger partial charge in [0.15, 0.2) is 0 Å². The number of aromatic nitrogens is 1. The van der Waals surface area contributed by atoms with E-state index in [4.69, 9.17) is 5.73 Å². The predicted molar refractivity (Wildman–Crippen MR) is 64.7 cm³/mol. The van der Waals surface area contributed by atoms with Crippen LogP contribution in [-0.4, -0.2) is 17.1 Å². The molecule has 84 valence electrons. The molecular weight excluding hydrogens is 202 g/mol. The summed E-state index contributed by atoms with van der Waals surface area (Å²) in [5, 5.41) is 1.22. The monoisotopic (exact) mass is 217 g/mol. The van der Waals surface area contributed by atoms with Gasteiger partial charge in [-0.3, -0.25) is 9.47 Å². The van der Waals surface area contributed by atoms with Crippen molar-refractivity contribution in [3.05, 3.63) is 36.0 Å². The summed E-state index contributed by atoms with van der Waals surface area (Å²) in [4.78, 5) is 10.6. The van der Waals surface area contributed by atoms with Crippen molar-refractivity contribution in [3.8, 4) is 0 Å². The zero-order chi connectivity index (χ0) is 11.5. The van der Waals surface area contributed by atoms with Crippen LogP contribution in [0.4, 0.5) is 0 Å². The maximum atomic E-state index is 10.6. The van der Waals surface area contributed by atoms with Crippen LogP contribution in [0.25, 0.3) is 10.9 Å². The van der Waals surface area contributed by atoms with Crippen LogP contribution in [0.15, 0.2) is 30.5 Å². The van der Waals surface area contributed by atoms with Crippen LogP contribution >= 0.6 is 0 Å². The van der Waals surface area contributed by atoms with E-state index in [1.54, 1.807) is 0 Å². The molecule has 1 aromatic carbocycles. The minimum atomic E-state index is -0.291. The van der Waals surface area contributed by atoms with Gasteiger partial charge in [0, 0.05) is 24.5 Å². The first-order chi connectivity index (χ1) is 7.68. The van der Waals surface area contributed by atoms with Crippen LogP contribution in [0.2, 0.25) is 0 Å². The van der Waals surface area contributed by atoms with Gasteiger partial charge in [-0.2, -0.15) is 0 Å². The molecule has 1 heterocycles. The topological polar surface area (TPSA) is 60.1 Å². The lowest BCUT2D eigenvalue weighted by molar-refractivity contribution is -0.117. The van der Waals surface area contributed by atoms with E-state index >= 15 is 0 Å². The highest BCUT2D eigenvalue weighted by molar-refractivity contribution is 5.83. The smallest absolute Gasteiger partial charge is 0.219 e. The molecule has 0 saturated heterocycles. The Kier molecular flexibility index (Phi) is 2.81. The molecule has 0 fully saturated rings. The summed E-state index contributed by atoms with van der Waals surface area (Å²) in [6.07, 6.45) is 2.36. The molecule has 0 aliphatic heterocycles. The SMILES string of the molecule is Cc1cn(NCCC(N)=O)c2ccccc12. The van der Waals surface area contributed by atoms with Gasteiger partial charge in [-0.1, -0.05) is 18.2 Å². The number of amides is 1. The van der Waals surface area contributed by atoms with Crippen LogP contribution < -0.4 is 11.2 Å². The Balaban J connectivity index is 2.21. The van der Waals surface area contributed by atoms with E-state index in [2.05, 4.69) is 18.4 Å². The lowest BCUT2D eigenvalue weighted by Crippen LogP contribution is -2.21. The molecule has 3 N–H and O–H groups in total. The standard InChI is InChI=1S/C12H15N3O/c1-9-8-15(14-7-6-12(13)16)11-5-3-2-4-10(9)11/h2-5,8,14H,6-7H2,1H3,(H2,13,16). The van der Waals surface area contributed by atoms with Crippen LogP contribution in [0.3, 0.4) is 0 Å². The Morgan fingerprint density at radius 2 is 2.19 bits per heavy atom. The van der Waals surface area contributed by atoms with E-state index in [0.717, 1.165) is 5.52 Å². The normalized spacial score (nSPS) is 10.6. The average Bonchev–Trinajstić information content (AvgIpc) is 2.57. The molecule has 2 aromatic rings. The van der Waals surface area contributed by atoms with Crippen LogP contribution in [0.5, 0.6) is 0 Å². The number of hydrogen-bond donors (Lipinski definition) is 2. The fourth-order valence-corrected chi connectivity index (χ4v) is 1.78. The molecular formula is C12H15N3O. The molecule has 0 aliphatic carbocycles. The summed E-state index contributed by atoms with van der Waals surface area (Å²) in [5.74, 6) is -0.291. The maximum absolute atomic E-state index is 10.6. The molecule has 0 saturated carbocycles. The molecule has 4 heteroatoms. The molecule has 0 atom stereocenters. The van der Waals surface area contributed by atoms with Gasteiger partial charge in [0.05, 0.1) is 5.52 Å². The second kappa shape index (κ2) is 4.26. The second-order valence-electron chi connectivity index (χ2n) is 3.82. The first-order valence-electron chi connectivity index (χ1n) is 5.27. The second-order valence-corrected chi connectivity index (χ2v) is 3.82. The Hall–Kier alpha value is -1.97. The lowest BCUT2D eigenvalue weighted by atomic mass is 10.2. The van der Waals surface area contributed by atoms with Crippen molar-refractivity contribution in [3.63, 3.8) is 0 Å². The number of carbonyl (C=O) groups is 1. The van der Waals surface area contributed by atoms with Crippen molar-refractivity contribution in [1.29, 1.82) is 0 Å². The number of primary amides is 1. The number of nitrogens with one attached hydrogen (secondary N) is 1. The van der Waals surface area contributed by atoms with Crippen LogP contribution in [0.1, 0.15) is 12.0 Å². The summed E-state index contributed by atoms with van der Waals surface area (Å²) in [7, 11) is 0. The number of nitrogens with zero attached hydrogens (tertiary/aromatic N) is 1. The van der Waals surface area contributed by atoms with Gasteiger partial charge >= 0.3 is 0 Å². The fourth-order valence-electron chi connectivity index (χ4n) is 1.78. The van der Waals surface area contributed by atoms with Crippen molar-refractivity contribution in [1.82, 2.24) is 4.68 Å². The van der Waals surface area contributed by atoms with E-state index in [0.29, 0.717) is 13.0 Å². The predicted octanol–water partition coefficient (Wildman–Crippen LogP) is 1.37. The van der Waals surface area contributed by atoms with Crippen molar-refractivity contribution in [2.24, 2.45) is 5.73 Å². The van der Waals surface area contributed by atoms with Crippen molar-refractivity contribution < 1.29 is 4.79 Å². The highest BCUT2D eigenvalue weighted by Gasteiger charge is 2.03. The highest BCUT2D eigenvalue weighted by Crippen LogP contribution is 2.18. The third-order valence-electron chi connectivity index (χ3n) is 2.56. The number of fused-ring (bicyclic) bond motifs is 1. The highest BCUT2D eigenvalue weighted by atomic mass is 16.1. The number of rotatable bonds is 4. The summed E-state index contributed by atoms with van der Waals surface area (Å²) >= 11 is 0. The van der Waals surface area contributed by atoms with Gasteiger partial charge in [-0.25, -0.2) is 0 Å². The number of benzene rings is 1. The summed E-state index contributed by atoms with van der Waals surface area (Å²) in [6, 6.07) is 8.13. The molecule has 4 nitrogen and oxygen atoms in total. The number of carbonyl (C=O) groups excluding carboxylic acids is 1. The van der Waals surface area contributed by atoms with Gasteiger partial charge in [-0.05, 0) is 18.6 Å². The zero-order valence-electron chi connectivity index (χ0n) is 9.23. The van der Waals surface area contributed by atoms with E-state index in [9.17, 15) is 4.79 Å². The number of nitrogens with two attached hydrogens (primary N) is 1. The Morgan fingerprint density at radius 1 is 1.44 bits per heavy atom. The number of para-hydroxylation sites is 1. The lowest BCUT2D eigenvalue weighted by Gasteiger charge is -2.07. The summed E-state index contributed by atoms with van der Waals surface area (Å²) < 4.78 is 1.94. The first-order valence-corrected chi connectivity index (χ1v) is 5.27. The molecule has 0 radical (unpaired) electrons. The minimum Gasteiger partial charge on any atom is -0.370 e. The Bertz CT molecular complexity index is 516. The average molecular weight is 217 g/mol. The van der Waals surface area contributed by atoms with Gasteiger partial charge < -0.3 is 11.2 Å².